The molecular formula is C19H20N2O. The zero-order valence-electron chi connectivity index (χ0n) is 12.7. The van der Waals surface area contributed by atoms with E-state index in [1.807, 2.05) is 10.9 Å². The molecular weight excluding hydrogens is 272 g/mol. The van der Waals surface area contributed by atoms with E-state index in [0.717, 1.165) is 18.5 Å². The third-order valence-corrected chi connectivity index (χ3v) is 3.88. The molecule has 0 radical (unpaired) electrons. The lowest BCUT2D eigenvalue weighted by Gasteiger charge is -2.09. The van der Waals surface area contributed by atoms with Crippen molar-refractivity contribution >= 4 is 0 Å². The molecule has 0 aliphatic carbocycles. The highest BCUT2D eigenvalue weighted by atomic mass is 16.3. The van der Waals surface area contributed by atoms with Crippen molar-refractivity contribution in [1.29, 1.82) is 0 Å². The van der Waals surface area contributed by atoms with Crippen LogP contribution in [0.5, 0.6) is 0 Å². The highest BCUT2D eigenvalue weighted by Gasteiger charge is 2.04. The van der Waals surface area contributed by atoms with Crippen molar-refractivity contribution < 1.29 is 5.11 Å². The van der Waals surface area contributed by atoms with Gasteiger partial charge in [-0.1, -0.05) is 55.5 Å². The molecule has 0 saturated heterocycles. The molecule has 112 valence electrons. The number of hydrogen-bond acceptors (Lipinski definition) is 2. The first-order valence-electron chi connectivity index (χ1n) is 7.59. The third kappa shape index (κ3) is 3.10. The van der Waals surface area contributed by atoms with Crippen molar-refractivity contribution in [2.24, 2.45) is 0 Å². The van der Waals surface area contributed by atoms with Gasteiger partial charge in [-0.15, -0.1) is 0 Å². The van der Waals surface area contributed by atoms with Gasteiger partial charge in [-0.3, -0.25) is 4.68 Å². The minimum atomic E-state index is 0.0345. The fourth-order valence-electron chi connectivity index (χ4n) is 2.66. The molecule has 3 nitrogen and oxygen atoms in total. The molecule has 0 fully saturated rings. The predicted octanol–water partition coefficient (Wildman–Crippen LogP) is 3.65. The maximum Gasteiger partial charge on any atom is 0.0712 e. The second-order valence-electron chi connectivity index (χ2n) is 5.41. The molecule has 0 amide bonds. The van der Waals surface area contributed by atoms with Crippen LogP contribution in [0.15, 0.2) is 60.9 Å². The lowest BCUT2D eigenvalue weighted by Crippen LogP contribution is -1.99. The number of hydrogen-bond donors (Lipinski definition) is 1. The number of aromatic nitrogens is 2. The summed E-state index contributed by atoms with van der Waals surface area (Å²) in [5.41, 5.74) is 5.96. The largest absolute Gasteiger partial charge is 0.392 e. The van der Waals surface area contributed by atoms with E-state index in [2.05, 4.69) is 60.6 Å². The summed E-state index contributed by atoms with van der Waals surface area (Å²) in [7, 11) is 0. The van der Waals surface area contributed by atoms with Gasteiger partial charge >= 0.3 is 0 Å². The fourth-order valence-corrected chi connectivity index (χ4v) is 2.66. The summed E-state index contributed by atoms with van der Waals surface area (Å²) in [6.45, 7) is 2.94. The van der Waals surface area contributed by atoms with E-state index in [1.54, 1.807) is 6.20 Å². The predicted molar refractivity (Wildman–Crippen MR) is 88.5 cm³/mol. The molecule has 0 aliphatic rings. The molecule has 0 saturated carbocycles. The van der Waals surface area contributed by atoms with Crippen molar-refractivity contribution in [3.05, 3.63) is 77.6 Å². The Balaban J connectivity index is 1.80. The zero-order chi connectivity index (χ0) is 15.4. The van der Waals surface area contributed by atoms with Crippen molar-refractivity contribution in [2.45, 2.75) is 26.5 Å². The smallest absolute Gasteiger partial charge is 0.0712 e. The SMILES string of the molecule is CCc1ccccc1-c1ccc(Cn2cc(CO)cn2)cc1. The summed E-state index contributed by atoms with van der Waals surface area (Å²) >= 11 is 0. The van der Waals surface area contributed by atoms with Gasteiger partial charge in [0.05, 0.1) is 19.3 Å². The van der Waals surface area contributed by atoms with Gasteiger partial charge in [0.2, 0.25) is 0 Å². The van der Waals surface area contributed by atoms with Crippen LogP contribution in [0.3, 0.4) is 0 Å². The van der Waals surface area contributed by atoms with Crippen LogP contribution in [0.1, 0.15) is 23.6 Å². The monoisotopic (exact) mass is 292 g/mol. The highest BCUT2D eigenvalue weighted by molar-refractivity contribution is 5.67. The van der Waals surface area contributed by atoms with E-state index in [0.29, 0.717) is 0 Å². The standard InChI is InChI=1S/C19H20N2O/c1-2-17-5-3-4-6-19(17)18-9-7-15(8-10-18)12-21-13-16(14-22)11-20-21/h3-11,13,22H,2,12,14H2,1H3. The summed E-state index contributed by atoms with van der Waals surface area (Å²) in [6, 6.07) is 17.2. The van der Waals surface area contributed by atoms with Crippen LogP contribution in [-0.4, -0.2) is 14.9 Å². The lowest BCUT2D eigenvalue weighted by atomic mass is 9.97. The maximum atomic E-state index is 9.08. The molecule has 0 bridgehead atoms. The van der Waals surface area contributed by atoms with Gasteiger partial charge in [-0.05, 0) is 28.7 Å². The average Bonchev–Trinajstić information content (AvgIpc) is 3.03. The van der Waals surface area contributed by atoms with Gasteiger partial charge in [0.1, 0.15) is 0 Å². The van der Waals surface area contributed by atoms with Crippen LogP contribution in [0, 0.1) is 0 Å². The van der Waals surface area contributed by atoms with E-state index in [1.165, 1.54) is 22.3 Å². The number of nitrogens with zero attached hydrogens (tertiary/aromatic N) is 2. The minimum absolute atomic E-state index is 0.0345. The summed E-state index contributed by atoms with van der Waals surface area (Å²) in [6.07, 6.45) is 4.61. The molecule has 2 aromatic carbocycles. The molecule has 0 spiro atoms. The number of benzene rings is 2. The van der Waals surface area contributed by atoms with Crippen molar-refractivity contribution in [1.82, 2.24) is 9.78 Å². The first-order valence-corrected chi connectivity index (χ1v) is 7.59. The highest BCUT2D eigenvalue weighted by Crippen LogP contribution is 2.24. The molecule has 22 heavy (non-hydrogen) atoms. The van der Waals surface area contributed by atoms with Gasteiger partial charge in [0, 0.05) is 11.8 Å². The van der Waals surface area contributed by atoms with Gasteiger partial charge in [-0.2, -0.15) is 5.10 Å². The second-order valence-corrected chi connectivity index (χ2v) is 5.41. The van der Waals surface area contributed by atoms with E-state index in [9.17, 15) is 0 Å². The Morgan fingerprint density at radius 1 is 1.00 bits per heavy atom. The van der Waals surface area contributed by atoms with Crippen molar-refractivity contribution in [3.8, 4) is 11.1 Å². The number of rotatable bonds is 5. The van der Waals surface area contributed by atoms with Gasteiger partial charge in [-0.25, -0.2) is 0 Å². The molecule has 0 aliphatic heterocycles. The van der Waals surface area contributed by atoms with Gasteiger partial charge < -0.3 is 5.11 Å². The minimum Gasteiger partial charge on any atom is -0.392 e. The van der Waals surface area contributed by atoms with Gasteiger partial charge in [0.25, 0.3) is 0 Å². The van der Waals surface area contributed by atoms with E-state index < -0.39 is 0 Å². The van der Waals surface area contributed by atoms with Crippen LogP contribution < -0.4 is 0 Å². The first-order chi connectivity index (χ1) is 10.8. The Labute approximate surface area is 130 Å². The van der Waals surface area contributed by atoms with Crippen molar-refractivity contribution in [3.63, 3.8) is 0 Å². The van der Waals surface area contributed by atoms with E-state index in [4.69, 9.17) is 5.11 Å². The van der Waals surface area contributed by atoms with E-state index >= 15 is 0 Å². The Morgan fingerprint density at radius 2 is 1.77 bits per heavy atom. The van der Waals surface area contributed by atoms with Crippen molar-refractivity contribution in [2.75, 3.05) is 0 Å². The molecule has 0 unspecified atom stereocenters. The summed E-state index contributed by atoms with van der Waals surface area (Å²) in [4.78, 5) is 0. The Hall–Kier alpha value is -2.39. The topological polar surface area (TPSA) is 38.0 Å². The fraction of sp³-hybridized carbons (Fsp3) is 0.211. The maximum absolute atomic E-state index is 9.08. The number of aliphatic hydroxyl groups excluding tert-OH is 1. The second kappa shape index (κ2) is 6.58. The molecule has 3 heteroatoms. The summed E-state index contributed by atoms with van der Waals surface area (Å²) < 4.78 is 1.85. The van der Waals surface area contributed by atoms with E-state index in [-0.39, 0.29) is 6.61 Å². The van der Waals surface area contributed by atoms with Gasteiger partial charge in [0.15, 0.2) is 0 Å². The molecule has 1 N–H and O–H groups in total. The molecule has 1 aromatic heterocycles. The number of aryl methyl sites for hydroxylation is 1. The third-order valence-electron chi connectivity index (χ3n) is 3.88. The van der Waals surface area contributed by atoms with Crippen LogP contribution in [0.4, 0.5) is 0 Å². The summed E-state index contributed by atoms with van der Waals surface area (Å²) in [5, 5.41) is 13.3. The molecule has 3 aromatic rings. The average molecular weight is 292 g/mol. The number of aliphatic hydroxyl groups is 1. The Kier molecular flexibility index (Phi) is 4.35. The lowest BCUT2D eigenvalue weighted by molar-refractivity contribution is 0.281. The molecule has 0 atom stereocenters. The molecule has 1 heterocycles. The molecule has 3 rings (SSSR count). The Morgan fingerprint density at radius 3 is 2.45 bits per heavy atom. The van der Waals surface area contributed by atoms with Crippen LogP contribution in [-0.2, 0) is 19.6 Å². The quantitative estimate of drug-likeness (QED) is 0.779. The zero-order valence-corrected chi connectivity index (χ0v) is 12.7. The van der Waals surface area contributed by atoms with Crippen LogP contribution >= 0.6 is 0 Å². The van der Waals surface area contributed by atoms with Crippen LogP contribution in [0.2, 0.25) is 0 Å². The first kappa shape index (κ1) is 14.5. The Bertz CT molecular complexity index is 744. The van der Waals surface area contributed by atoms with Crippen LogP contribution in [0.25, 0.3) is 11.1 Å². The summed E-state index contributed by atoms with van der Waals surface area (Å²) in [5.74, 6) is 0. The normalized spacial score (nSPS) is 10.8.